The van der Waals surface area contributed by atoms with Crippen molar-refractivity contribution >= 4 is 60.9 Å². The molecule has 1 heterocycles. The molecule has 39 heavy (non-hydrogen) atoms. The number of rotatable bonds is 7. The predicted octanol–water partition coefficient (Wildman–Crippen LogP) is 6.43. The van der Waals surface area contributed by atoms with Gasteiger partial charge in [-0.15, -0.1) is 0 Å². The number of benzene rings is 3. The lowest BCUT2D eigenvalue weighted by Crippen LogP contribution is -2.18. The summed E-state index contributed by atoms with van der Waals surface area (Å²) < 4.78 is 71.4. The van der Waals surface area contributed by atoms with Gasteiger partial charge in [0.15, 0.2) is 9.84 Å². The van der Waals surface area contributed by atoms with Crippen LogP contribution in [0.2, 0.25) is 0 Å². The van der Waals surface area contributed by atoms with Crippen LogP contribution in [0.5, 0.6) is 5.75 Å². The van der Waals surface area contributed by atoms with Crippen LogP contribution < -0.4 is 10.1 Å². The lowest BCUT2D eigenvalue weighted by Gasteiger charge is -2.11. The van der Waals surface area contributed by atoms with Gasteiger partial charge in [-0.1, -0.05) is 30.2 Å². The molecule has 1 N–H and O–H groups in total. The highest BCUT2D eigenvalue weighted by atomic mass is 127. The second kappa shape index (κ2) is 11.7. The minimum Gasteiger partial charge on any atom is -0.495 e. The van der Waals surface area contributed by atoms with E-state index < -0.39 is 22.6 Å². The highest BCUT2D eigenvalue weighted by molar-refractivity contribution is 14.1. The van der Waals surface area contributed by atoms with Crippen LogP contribution in [0.1, 0.15) is 11.3 Å². The van der Waals surface area contributed by atoms with Crippen molar-refractivity contribution in [2.24, 2.45) is 4.99 Å². The molecule has 0 spiro atoms. The molecule has 0 fully saturated rings. The second-order valence-electron chi connectivity index (χ2n) is 8.51. The number of nitrogens with one attached hydrogen (secondary N) is 1. The van der Waals surface area contributed by atoms with Gasteiger partial charge < -0.3 is 14.6 Å². The van der Waals surface area contributed by atoms with Gasteiger partial charge in [0.2, 0.25) is 0 Å². The molecule has 0 aliphatic heterocycles. The molecule has 11 heteroatoms. The first-order chi connectivity index (χ1) is 18.5. The number of ether oxygens (including phenoxy) is 1. The smallest absolute Gasteiger partial charge is 0.406 e. The largest absolute Gasteiger partial charge is 0.495 e. The molecule has 0 saturated carbocycles. The third-order valence-electron chi connectivity index (χ3n) is 5.69. The minimum atomic E-state index is -4.45. The van der Waals surface area contributed by atoms with Crippen LogP contribution >= 0.6 is 22.6 Å². The van der Waals surface area contributed by atoms with Crippen molar-refractivity contribution in [1.29, 1.82) is 0 Å². The summed E-state index contributed by atoms with van der Waals surface area (Å²) in [4.78, 5) is 4.66. The number of nitrogens with zero attached hydrogens (tertiary/aromatic N) is 2. The van der Waals surface area contributed by atoms with Gasteiger partial charge in [0.25, 0.3) is 0 Å². The van der Waals surface area contributed by atoms with Crippen molar-refractivity contribution in [1.82, 2.24) is 4.57 Å². The number of alkyl halides is 3. The summed E-state index contributed by atoms with van der Waals surface area (Å²) in [6.07, 6.45) is -1.66. The molecule has 1 aromatic heterocycles. The Labute approximate surface area is 238 Å². The van der Waals surface area contributed by atoms with Crippen molar-refractivity contribution in [3.05, 3.63) is 81.6 Å². The van der Waals surface area contributed by atoms with Crippen molar-refractivity contribution in [3.8, 4) is 17.6 Å². The lowest BCUT2D eigenvalue weighted by atomic mass is 10.2. The number of methoxy groups -OCH3 is 1. The van der Waals surface area contributed by atoms with E-state index in [9.17, 15) is 21.6 Å². The van der Waals surface area contributed by atoms with Crippen LogP contribution in [0, 0.1) is 15.4 Å². The maximum atomic E-state index is 13.5. The number of sulfone groups is 1. The van der Waals surface area contributed by atoms with E-state index >= 15 is 0 Å². The fourth-order valence-corrected chi connectivity index (χ4v) is 5.04. The molecule has 4 rings (SSSR count). The molecule has 0 aliphatic rings. The second-order valence-corrected chi connectivity index (χ2v) is 11.7. The Hall–Kier alpha value is -3.50. The fraction of sp³-hybridized carbons (Fsp3) is 0.179. The summed E-state index contributed by atoms with van der Waals surface area (Å²) in [5.74, 6) is 6.00. The fourth-order valence-electron chi connectivity index (χ4n) is 3.88. The minimum absolute atomic E-state index is 0.0829. The zero-order valence-electron chi connectivity index (χ0n) is 20.9. The Kier molecular flexibility index (Phi) is 8.56. The average Bonchev–Trinajstić information content (AvgIpc) is 3.21. The third-order valence-corrected chi connectivity index (χ3v) is 7.79. The van der Waals surface area contributed by atoms with Gasteiger partial charge in [-0.3, -0.25) is 4.99 Å². The standard InChI is InChI=1S/C28H23F3IN3O3S/c1-38-27-16-21(39(2,36)37)12-13-25(27)33-14-6-8-20-15-22-24(34-17-19-7-3-4-9-23(19)32)10-5-11-26(22)35(20)18-28(29,30)31/h3-5,7,9-13,15-17,33H,14,18H2,1-2H3/b34-17-. The zero-order valence-corrected chi connectivity index (χ0v) is 23.9. The maximum absolute atomic E-state index is 13.5. The Balaban J connectivity index is 1.65. The van der Waals surface area contributed by atoms with Crippen LogP contribution in [-0.4, -0.2) is 45.3 Å². The van der Waals surface area contributed by atoms with E-state index in [4.69, 9.17) is 4.74 Å². The van der Waals surface area contributed by atoms with Gasteiger partial charge in [0.05, 0.1) is 41.1 Å². The lowest BCUT2D eigenvalue weighted by molar-refractivity contribution is -0.140. The van der Waals surface area contributed by atoms with Gasteiger partial charge >= 0.3 is 6.18 Å². The van der Waals surface area contributed by atoms with Gasteiger partial charge in [-0.05, 0) is 64.9 Å². The van der Waals surface area contributed by atoms with Gasteiger partial charge in [0, 0.05) is 33.1 Å². The van der Waals surface area contributed by atoms with E-state index in [2.05, 4.69) is 44.7 Å². The molecule has 0 saturated heterocycles. The van der Waals surface area contributed by atoms with Gasteiger partial charge in [-0.2, -0.15) is 13.2 Å². The first kappa shape index (κ1) is 28.5. The van der Waals surface area contributed by atoms with Crippen LogP contribution in [0.4, 0.5) is 24.5 Å². The topological polar surface area (TPSA) is 72.7 Å². The summed E-state index contributed by atoms with van der Waals surface area (Å²) >= 11 is 2.20. The molecule has 0 radical (unpaired) electrons. The molecule has 3 aromatic carbocycles. The van der Waals surface area contributed by atoms with Crippen molar-refractivity contribution < 1.29 is 26.3 Å². The third kappa shape index (κ3) is 7.13. The molecule has 0 amide bonds. The van der Waals surface area contributed by atoms with Gasteiger partial charge in [0.1, 0.15) is 12.3 Å². The normalized spacial score (nSPS) is 11.9. The first-order valence-electron chi connectivity index (χ1n) is 11.5. The number of halogens is 4. The monoisotopic (exact) mass is 665 g/mol. The summed E-state index contributed by atoms with van der Waals surface area (Å²) in [6, 6.07) is 18.7. The van der Waals surface area contributed by atoms with E-state index in [0.717, 1.165) is 20.0 Å². The number of aliphatic imine (C=N–C) groups is 1. The number of anilines is 1. The average molecular weight is 665 g/mol. The van der Waals surface area contributed by atoms with Crippen molar-refractivity contribution in [3.63, 3.8) is 0 Å². The van der Waals surface area contributed by atoms with Gasteiger partial charge in [-0.25, -0.2) is 8.42 Å². The Bertz CT molecular complexity index is 1720. The summed E-state index contributed by atoms with van der Waals surface area (Å²) in [5.41, 5.74) is 2.50. The van der Waals surface area contributed by atoms with E-state index in [1.54, 1.807) is 36.5 Å². The molecule has 202 valence electrons. The van der Waals surface area contributed by atoms with Crippen LogP contribution in [-0.2, 0) is 16.4 Å². The molecule has 0 aliphatic carbocycles. The number of aromatic nitrogens is 1. The quantitative estimate of drug-likeness (QED) is 0.140. The van der Waals surface area contributed by atoms with E-state index in [0.29, 0.717) is 28.0 Å². The highest BCUT2D eigenvalue weighted by Gasteiger charge is 2.30. The van der Waals surface area contributed by atoms with Crippen molar-refractivity contribution in [2.45, 2.75) is 17.6 Å². The highest BCUT2D eigenvalue weighted by Crippen LogP contribution is 2.32. The van der Waals surface area contributed by atoms with E-state index in [-0.39, 0.29) is 17.1 Å². The first-order valence-corrected chi connectivity index (χ1v) is 14.5. The van der Waals surface area contributed by atoms with Crippen LogP contribution in [0.15, 0.2) is 76.6 Å². The van der Waals surface area contributed by atoms with Crippen LogP contribution in [0.3, 0.4) is 0 Å². The Morgan fingerprint density at radius 3 is 2.56 bits per heavy atom. The molecule has 0 unspecified atom stereocenters. The molecule has 0 atom stereocenters. The predicted molar refractivity (Wildman–Crippen MR) is 156 cm³/mol. The molecule has 6 nitrogen and oxygen atoms in total. The van der Waals surface area contributed by atoms with E-state index in [1.165, 1.54) is 19.2 Å². The molecule has 4 aromatic rings. The molecular weight excluding hydrogens is 642 g/mol. The van der Waals surface area contributed by atoms with Crippen LogP contribution in [0.25, 0.3) is 10.9 Å². The SMILES string of the molecule is COc1cc(S(C)(=O)=O)ccc1NCC#Cc1cc2c(/N=C\c3ccccc3I)cccc2n1CC(F)(F)F. The maximum Gasteiger partial charge on any atom is 0.406 e. The summed E-state index contributed by atoms with van der Waals surface area (Å²) in [6.45, 7) is -1.11. The molecule has 0 bridgehead atoms. The zero-order chi connectivity index (χ0) is 28.2. The van der Waals surface area contributed by atoms with E-state index in [1.807, 2.05) is 24.3 Å². The molecular formula is C28H23F3IN3O3S. The summed E-state index contributed by atoms with van der Waals surface area (Å²) in [7, 11) is -2.00. The summed E-state index contributed by atoms with van der Waals surface area (Å²) in [5, 5.41) is 3.58. The Morgan fingerprint density at radius 1 is 1.10 bits per heavy atom. The number of hydrogen-bond donors (Lipinski definition) is 1. The number of fused-ring (bicyclic) bond motifs is 1. The Morgan fingerprint density at radius 2 is 1.87 bits per heavy atom. The number of hydrogen-bond acceptors (Lipinski definition) is 5. The van der Waals surface area contributed by atoms with Crippen molar-refractivity contribution in [2.75, 3.05) is 25.2 Å².